The fourth-order valence-corrected chi connectivity index (χ4v) is 1.68. The molecule has 1 aromatic carbocycles. The third kappa shape index (κ3) is 2.36. The topological polar surface area (TPSA) is 120 Å². The van der Waals surface area contributed by atoms with Crippen molar-refractivity contribution < 1.29 is 16.4 Å². The van der Waals surface area contributed by atoms with Crippen molar-refractivity contribution in [3.63, 3.8) is 0 Å². The Balaban J connectivity index is 0.000000853. The first-order chi connectivity index (χ1) is 6.95. The first-order valence-electron chi connectivity index (χ1n) is 4.53. The molecule has 6 N–H and O–H groups in total. The molecule has 0 bridgehead atoms. The van der Waals surface area contributed by atoms with E-state index in [1.165, 1.54) is 0 Å². The van der Waals surface area contributed by atoms with Gasteiger partial charge in [-0.15, -0.1) is 0 Å². The Labute approximate surface area is 97.7 Å². The standard InChI is InChI=1S/C12H8N2.3H2O/c1-3-9-5-6-10-4-2-8-14-12(10)11(9)13-7-1;;;/h1-8H;3*1H2. The van der Waals surface area contributed by atoms with Crippen LogP contribution in [0.25, 0.3) is 21.8 Å². The predicted octanol–water partition coefficient (Wildman–Crippen LogP) is 0.309. The van der Waals surface area contributed by atoms with E-state index in [1.807, 2.05) is 12.1 Å². The van der Waals surface area contributed by atoms with Gasteiger partial charge in [0.2, 0.25) is 0 Å². The molecule has 17 heavy (non-hydrogen) atoms. The second-order valence-corrected chi connectivity index (χ2v) is 3.22. The second-order valence-electron chi connectivity index (χ2n) is 3.22. The largest absolute Gasteiger partial charge is 0.412 e. The fraction of sp³-hybridized carbons (Fsp3) is 0. The van der Waals surface area contributed by atoms with Gasteiger partial charge in [-0.3, -0.25) is 9.97 Å². The number of hydrogen-bond donors (Lipinski definition) is 0. The zero-order valence-corrected chi connectivity index (χ0v) is 9.01. The van der Waals surface area contributed by atoms with E-state index in [2.05, 4.69) is 34.2 Å². The number of aromatic nitrogens is 2. The quantitative estimate of drug-likeness (QED) is 0.520. The Kier molecular flexibility index (Phi) is 5.14. The van der Waals surface area contributed by atoms with Crippen LogP contribution in [0, 0.1) is 0 Å². The van der Waals surface area contributed by atoms with E-state index in [-0.39, 0.29) is 16.4 Å². The molecule has 0 fully saturated rings. The Morgan fingerprint density at radius 3 is 1.41 bits per heavy atom. The van der Waals surface area contributed by atoms with Gasteiger partial charge in [-0.05, 0) is 12.1 Å². The van der Waals surface area contributed by atoms with Crippen molar-refractivity contribution in [2.45, 2.75) is 0 Å². The summed E-state index contributed by atoms with van der Waals surface area (Å²) in [6.07, 6.45) is 3.60. The average molecular weight is 234 g/mol. The second kappa shape index (κ2) is 5.86. The molecule has 5 heteroatoms. The maximum atomic E-state index is 4.35. The molecule has 0 aliphatic rings. The Bertz CT molecular complexity index is 559. The van der Waals surface area contributed by atoms with E-state index < -0.39 is 0 Å². The van der Waals surface area contributed by atoms with Gasteiger partial charge in [-0.2, -0.15) is 0 Å². The minimum Gasteiger partial charge on any atom is -0.412 e. The summed E-state index contributed by atoms with van der Waals surface area (Å²) in [6.45, 7) is 0. The van der Waals surface area contributed by atoms with E-state index in [1.54, 1.807) is 12.4 Å². The molecule has 0 atom stereocenters. The van der Waals surface area contributed by atoms with Gasteiger partial charge in [0.1, 0.15) is 0 Å². The fourth-order valence-electron chi connectivity index (χ4n) is 1.68. The SMILES string of the molecule is O.O.O.c1cnc2c(c1)ccc1cccnc12. The molecule has 90 valence electrons. The number of fused-ring (bicyclic) bond motifs is 3. The van der Waals surface area contributed by atoms with E-state index in [9.17, 15) is 0 Å². The van der Waals surface area contributed by atoms with E-state index >= 15 is 0 Å². The van der Waals surface area contributed by atoms with Crippen molar-refractivity contribution in [3.05, 3.63) is 48.8 Å². The molecule has 0 aliphatic heterocycles. The van der Waals surface area contributed by atoms with Crippen LogP contribution in [0.3, 0.4) is 0 Å². The smallest absolute Gasteiger partial charge is 0.0964 e. The monoisotopic (exact) mass is 234 g/mol. The van der Waals surface area contributed by atoms with Crippen LogP contribution in [0.1, 0.15) is 0 Å². The number of pyridine rings is 2. The average Bonchev–Trinajstić information content (AvgIpc) is 2.29. The molecule has 0 aliphatic carbocycles. The van der Waals surface area contributed by atoms with Gasteiger partial charge >= 0.3 is 0 Å². The minimum atomic E-state index is 0. The molecular weight excluding hydrogens is 220 g/mol. The van der Waals surface area contributed by atoms with Crippen molar-refractivity contribution in [1.29, 1.82) is 0 Å². The summed E-state index contributed by atoms with van der Waals surface area (Å²) in [4.78, 5) is 8.69. The Morgan fingerprint density at radius 1 is 0.588 bits per heavy atom. The third-order valence-electron chi connectivity index (χ3n) is 2.34. The number of nitrogens with zero attached hydrogens (tertiary/aromatic N) is 2. The van der Waals surface area contributed by atoms with Crippen LogP contribution in [0.5, 0.6) is 0 Å². The van der Waals surface area contributed by atoms with E-state index in [0.717, 1.165) is 21.8 Å². The first kappa shape index (κ1) is 14.9. The maximum Gasteiger partial charge on any atom is 0.0964 e. The summed E-state index contributed by atoms with van der Waals surface area (Å²) in [5, 5.41) is 2.28. The lowest BCUT2D eigenvalue weighted by molar-refractivity contribution is 0.823. The highest BCUT2D eigenvalue weighted by molar-refractivity contribution is 6.02. The van der Waals surface area contributed by atoms with Crippen molar-refractivity contribution >= 4 is 21.8 Å². The summed E-state index contributed by atoms with van der Waals surface area (Å²) < 4.78 is 0. The first-order valence-corrected chi connectivity index (χ1v) is 4.53. The molecule has 3 aromatic rings. The lowest BCUT2D eigenvalue weighted by atomic mass is 10.1. The number of benzene rings is 1. The zero-order chi connectivity index (χ0) is 9.38. The van der Waals surface area contributed by atoms with Crippen LogP contribution in [-0.2, 0) is 0 Å². The highest BCUT2D eigenvalue weighted by Gasteiger charge is 2.00. The normalized spacial score (nSPS) is 8.94. The van der Waals surface area contributed by atoms with Gasteiger partial charge < -0.3 is 16.4 Å². The van der Waals surface area contributed by atoms with Crippen LogP contribution in [0.15, 0.2) is 48.8 Å². The molecule has 5 nitrogen and oxygen atoms in total. The van der Waals surface area contributed by atoms with Gasteiger partial charge in [-0.25, -0.2) is 0 Å². The molecule has 0 saturated carbocycles. The van der Waals surface area contributed by atoms with Crippen LogP contribution in [-0.4, -0.2) is 26.4 Å². The highest BCUT2D eigenvalue weighted by Crippen LogP contribution is 2.20. The Morgan fingerprint density at radius 2 is 1.00 bits per heavy atom. The van der Waals surface area contributed by atoms with Gasteiger partial charge in [0.05, 0.1) is 11.0 Å². The molecule has 3 rings (SSSR count). The summed E-state index contributed by atoms with van der Waals surface area (Å²) in [7, 11) is 0. The molecular formula is C12H14N2O3. The maximum absolute atomic E-state index is 4.35. The van der Waals surface area contributed by atoms with Gasteiger partial charge in [0, 0.05) is 23.2 Å². The number of rotatable bonds is 0. The molecule has 0 radical (unpaired) electrons. The molecule has 0 spiro atoms. The van der Waals surface area contributed by atoms with Crippen molar-refractivity contribution in [1.82, 2.24) is 9.97 Å². The van der Waals surface area contributed by atoms with Crippen molar-refractivity contribution in [3.8, 4) is 0 Å². The van der Waals surface area contributed by atoms with Crippen LogP contribution < -0.4 is 0 Å². The van der Waals surface area contributed by atoms with Crippen LogP contribution in [0.2, 0.25) is 0 Å². The lowest BCUT2D eigenvalue weighted by Gasteiger charge is -2.00. The van der Waals surface area contributed by atoms with Crippen LogP contribution >= 0.6 is 0 Å². The summed E-state index contributed by atoms with van der Waals surface area (Å²) in [5.41, 5.74) is 1.95. The summed E-state index contributed by atoms with van der Waals surface area (Å²) >= 11 is 0. The molecule has 2 aromatic heterocycles. The molecule has 0 amide bonds. The highest BCUT2D eigenvalue weighted by atomic mass is 16.0. The van der Waals surface area contributed by atoms with Gasteiger partial charge in [0.15, 0.2) is 0 Å². The molecule has 0 unspecified atom stereocenters. The predicted molar refractivity (Wildman–Crippen MR) is 67.9 cm³/mol. The minimum absolute atomic E-state index is 0. The van der Waals surface area contributed by atoms with Crippen LogP contribution in [0.4, 0.5) is 0 Å². The molecule has 2 heterocycles. The van der Waals surface area contributed by atoms with Gasteiger partial charge in [-0.1, -0.05) is 24.3 Å². The summed E-state index contributed by atoms with van der Waals surface area (Å²) in [6, 6.07) is 12.1. The van der Waals surface area contributed by atoms with Crippen molar-refractivity contribution in [2.75, 3.05) is 0 Å². The molecule has 0 saturated heterocycles. The number of hydrogen-bond acceptors (Lipinski definition) is 2. The van der Waals surface area contributed by atoms with E-state index in [0.29, 0.717) is 0 Å². The van der Waals surface area contributed by atoms with Crippen molar-refractivity contribution in [2.24, 2.45) is 0 Å². The lowest BCUT2D eigenvalue weighted by Crippen LogP contribution is -1.83. The van der Waals surface area contributed by atoms with Gasteiger partial charge in [0.25, 0.3) is 0 Å². The third-order valence-corrected chi connectivity index (χ3v) is 2.34. The Hall–Kier alpha value is -2.08. The summed E-state index contributed by atoms with van der Waals surface area (Å²) in [5.74, 6) is 0. The zero-order valence-electron chi connectivity index (χ0n) is 9.01. The van der Waals surface area contributed by atoms with E-state index in [4.69, 9.17) is 0 Å².